The summed E-state index contributed by atoms with van der Waals surface area (Å²) in [5.41, 5.74) is 2.42. The zero-order valence-corrected chi connectivity index (χ0v) is 16.3. The lowest BCUT2D eigenvalue weighted by Gasteiger charge is -2.27. The molecule has 1 aromatic heterocycles. The summed E-state index contributed by atoms with van der Waals surface area (Å²) >= 11 is 0. The highest BCUT2D eigenvalue weighted by Gasteiger charge is 2.47. The molecule has 0 saturated carbocycles. The second kappa shape index (κ2) is 7.35. The number of fused-ring (bicyclic) bond motifs is 1. The molecule has 1 aromatic carbocycles. The van der Waals surface area contributed by atoms with Gasteiger partial charge in [-0.1, -0.05) is 12.1 Å². The van der Waals surface area contributed by atoms with E-state index in [-0.39, 0.29) is 5.91 Å². The van der Waals surface area contributed by atoms with Gasteiger partial charge in [-0.15, -0.1) is 0 Å². The fraction of sp³-hybridized carbons (Fsp3) is 0.524. The molecular weight excluding hydrogens is 340 g/mol. The molecule has 2 aromatic rings. The zero-order valence-electron chi connectivity index (χ0n) is 16.3. The van der Waals surface area contributed by atoms with E-state index in [9.17, 15) is 4.79 Å². The average molecular weight is 368 g/mol. The lowest BCUT2D eigenvalue weighted by Crippen LogP contribution is -2.33. The van der Waals surface area contributed by atoms with E-state index in [1.807, 2.05) is 29.9 Å². The molecule has 2 saturated heterocycles. The summed E-state index contributed by atoms with van der Waals surface area (Å²) in [6.07, 6.45) is 3.10. The standard InChI is InChI=1S/C21H28N4O2/c1-23-12-16-13-25(20(26)9-6-17-10-11-22-24(17)2)14-19(16)21(23)15-4-7-18(27-3)8-5-15/h4-5,7-8,10-11,16,19,21H,6,9,12-14H2,1-3H3/t16-,19+,21+/m0/s1. The maximum atomic E-state index is 12.8. The molecule has 6 heteroatoms. The molecule has 2 aliphatic rings. The number of benzene rings is 1. The van der Waals surface area contributed by atoms with E-state index in [2.05, 4.69) is 34.1 Å². The summed E-state index contributed by atoms with van der Waals surface area (Å²) < 4.78 is 7.13. The van der Waals surface area contributed by atoms with Crippen LogP contribution in [-0.4, -0.2) is 59.3 Å². The van der Waals surface area contributed by atoms with Gasteiger partial charge < -0.3 is 9.64 Å². The van der Waals surface area contributed by atoms with Crippen molar-refractivity contribution in [1.29, 1.82) is 0 Å². The zero-order chi connectivity index (χ0) is 19.0. The van der Waals surface area contributed by atoms with Crippen LogP contribution in [0.25, 0.3) is 0 Å². The van der Waals surface area contributed by atoms with Gasteiger partial charge in [-0.3, -0.25) is 14.4 Å². The molecule has 2 aliphatic heterocycles. The van der Waals surface area contributed by atoms with Crippen LogP contribution in [0.15, 0.2) is 36.5 Å². The molecular formula is C21H28N4O2. The molecule has 27 heavy (non-hydrogen) atoms. The van der Waals surface area contributed by atoms with E-state index in [1.165, 1.54) is 5.56 Å². The number of nitrogens with zero attached hydrogens (tertiary/aromatic N) is 4. The van der Waals surface area contributed by atoms with Crippen LogP contribution >= 0.6 is 0 Å². The monoisotopic (exact) mass is 368 g/mol. The quantitative estimate of drug-likeness (QED) is 0.811. The predicted octanol–water partition coefficient (Wildman–Crippen LogP) is 2.12. The van der Waals surface area contributed by atoms with Crippen molar-refractivity contribution in [3.63, 3.8) is 0 Å². The summed E-state index contributed by atoms with van der Waals surface area (Å²) in [5.74, 6) is 2.21. The van der Waals surface area contributed by atoms with Crippen LogP contribution in [0, 0.1) is 11.8 Å². The SMILES string of the molecule is COc1ccc([C@@H]2[C@@H]3CN(C(=O)CCc4ccnn4C)C[C@@H]3CN2C)cc1. The average Bonchev–Trinajstić information content (AvgIpc) is 3.34. The number of carbonyl (C=O) groups excluding carboxylic acids is 1. The van der Waals surface area contributed by atoms with Crippen molar-refractivity contribution in [3.8, 4) is 5.75 Å². The lowest BCUT2D eigenvalue weighted by molar-refractivity contribution is -0.130. The third kappa shape index (κ3) is 3.46. The largest absolute Gasteiger partial charge is 0.497 e. The van der Waals surface area contributed by atoms with E-state index < -0.39 is 0 Å². The van der Waals surface area contributed by atoms with Crippen LogP contribution < -0.4 is 4.74 Å². The summed E-state index contributed by atoms with van der Waals surface area (Å²) in [6, 6.07) is 10.7. The first-order chi connectivity index (χ1) is 13.1. The number of aryl methyl sites for hydroxylation is 2. The highest BCUT2D eigenvalue weighted by Crippen LogP contribution is 2.44. The van der Waals surface area contributed by atoms with Gasteiger partial charge in [0.15, 0.2) is 0 Å². The molecule has 3 atom stereocenters. The van der Waals surface area contributed by atoms with E-state index in [0.29, 0.717) is 24.3 Å². The van der Waals surface area contributed by atoms with Gasteiger partial charge in [0.2, 0.25) is 5.91 Å². The molecule has 0 aliphatic carbocycles. The summed E-state index contributed by atoms with van der Waals surface area (Å²) in [6.45, 7) is 2.79. The van der Waals surface area contributed by atoms with E-state index in [1.54, 1.807) is 13.3 Å². The Labute approximate surface area is 160 Å². The minimum atomic E-state index is 0.265. The Hall–Kier alpha value is -2.34. The summed E-state index contributed by atoms with van der Waals surface area (Å²) in [7, 11) is 5.82. The maximum Gasteiger partial charge on any atom is 0.222 e. The summed E-state index contributed by atoms with van der Waals surface area (Å²) in [4.78, 5) is 17.3. The third-order valence-electron chi connectivity index (χ3n) is 6.22. The molecule has 0 radical (unpaired) electrons. The second-order valence-corrected chi connectivity index (χ2v) is 7.83. The molecule has 0 unspecified atom stereocenters. The van der Waals surface area contributed by atoms with E-state index in [0.717, 1.165) is 37.5 Å². The molecule has 2 fully saturated rings. The van der Waals surface area contributed by atoms with E-state index >= 15 is 0 Å². The number of amides is 1. The Morgan fingerprint density at radius 2 is 1.93 bits per heavy atom. The Bertz CT molecular complexity index is 801. The van der Waals surface area contributed by atoms with Crippen LogP contribution in [0.5, 0.6) is 5.75 Å². The van der Waals surface area contributed by atoms with Crippen LogP contribution in [0.3, 0.4) is 0 Å². The number of methoxy groups -OCH3 is 1. The van der Waals surface area contributed by atoms with Crippen molar-refractivity contribution in [2.45, 2.75) is 18.9 Å². The van der Waals surface area contributed by atoms with Gasteiger partial charge in [-0.25, -0.2) is 0 Å². The number of carbonyl (C=O) groups is 1. The van der Waals surface area contributed by atoms with Gasteiger partial charge in [0.05, 0.1) is 7.11 Å². The Kier molecular flexibility index (Phi) is 4.91. The highest BCUT2D eigenvalue weighted by molar-refractivity contribution is 5.76. The van der Waals surface area contributed by atoms with E-state index in [4.69, 9.17) is 4.74 Å². The van der Waals surface area contributed by atoms with Crippen molar-refractivity contribution in [3.05, 3.63) is 47.8 Å². The smallest absolute Gasteiger partial charge is 0.222 e. The molecule has 0 spiro atoms. The van der Waals surface area contributed by atoms with Crippen molar-refractivity contribution in [1.82, 2.24) is 19.6 Å². The van der Waals surface area contributed by atoms with Crippen molar-refractivity contribution >= 4 is 5.91 Å². The number of aromatic nitrogens is 2. The van der Waals surface area contributed by atoms with Crippen LogP contribution in [-0.2, 0) is 18.3 Å². The lowest BCUT2D eigenvalue weighted by atomic mass is 9.89. The number of ether oxygens (including phenoxy) is 1. The molecule has 1 amide bonds. The van der Waals surface area contributed by atoms with Crippen LogP contribution in [0.2, 0.25) is 0 Å². The molecule has 6 nitrogen and oxygen atoms in total. The van der Waals surface area contributed by atoms with Gasteiger partial charge in [-0.2, -0.15) is 5.10 Å². The fourth-order valence-corrected chi connectivity index (χ4v) is 4.80. The van der Waals surface area contributed by atoms with Gasteiger partial charge in [0.1, 0.15) is 5.75 Å². The molecule has 0 N–H and O–H groups in total. The van der Waals surface area contributed by atoms with Crippen molar-refractivity contribution in [2.24, 2.45) is 18.9 Å². The second-order valence-electron chi connectivity index (χ2n) is 7.83. The number of hydrogen-bond donors (Lipinski definition) is 0. The molecule has 0 bridgehead atoms. The van der Waals surface area contributed by atoms with Gasteiger partial charge in [0, 0.05) is 57.0 Å². The Morgan fingerprint density at radius 1 is 1.15 bits per heavy atom. The number of hydrogen-bond acceptors (Lipinski definition) is 4. The van der Waals surface area contributed by atoms with Gasteiger partial charge >= 0.3 is 0 Å². The first-order valence-corrected chi connectivity index (χ1v) is 9.65. The summed E-state index contributed by atoms with van der Waals surface area (Å²) in [5, 5.41) is 4.18. The van der Waals surface area contributed by atoms with Crippen molar-refractivity contribution in [2.75, 3.05) is 33.8 Å². The highest BCUT2D eigenvalue weighted by atomic mass is 16.5. The third-order valence-corrected chi connectivity index (χ3v) is 6.22. The van der Waals surface area contributed by atoms with Crippen LogP contribution in [0.4, 0.5) is 0 Å². The number of rotatable bonds is 5. The molecule has 144 valence electrons. The molecule has 4 rings (SSSR count). The first-order valence-electron chi connectivity index (χ1n) is 9.65. The Morgan fingerprint density at radius 3 is 2.59 bits per heavy atom. The Balaban J connectivity index is 1.41. The number of likely N-dealkylation sites (tertiary alicyclic amines) is 2. The minimum Gasteiger partial charge on any atom is -0.497 e. The maximum absolute atomic E-state index is 12.8. The van der Waals surface area contributed by atoms with Gasteiger partial charge in [0.25, 0.3) is 0 Å². The van der Waals surface area contributed by atoms with Gasteiger partial charge in [-0.05, 0) is 43.1 Å². The van der Waals surface area contributed by atoms with Crippen LogP contribution in [0.1, 0.15) is 23.7 Å². The van der Waals surface area contributed by atoms with Crippen molar-refractivity contribution < 1.29 is 9.53 Å². The normalized spacial score (nSPS) is 25.0. The minimum absolute atomic E-state index is 0.265. The first kappa shape index (κ1) is 18.0. The molecule has 3 heterocycles. The topological polar surface area (TPSA) is 50.6 Å². The fourth-order valence-electron chi connectivity index (χ4n) is 4.80. The predicted molar refractivity (Wildman–Crippen MR) is 103 cm³/mol.